The van der Waals surface area contributed by atoms with Crippen molar-refractivity contribution in [2.24, 2.45) is 0 Å². The highest BCUT2D eigenvalue weighted by Gasteiger charge is 2.05. The summed E-state index contributed by atoms with van der Waals surface area (Å²) in [5, 5.41) is 0. The van der Waals surface area contributed by atoms with Gasteiger partial charge in [0.1, 0.15) is 5.78 Å². The maximum absolute atomic E-state index is 11.7. The summed E-state index contributed by atoms with van der Waals surface area (Å²) < 4.78 is 14.6. The molecule has 0 amide bonds. The van der Waals surface area contributed by atoms with Crippen LogP contribution in [0.1, 0.15) is 45.7 Å². The van der Waals surface area contributed by atoms with E-state index in [-0.39, 0.29) is 37.7 Å². The smallest absolute Gasteiger partial charge is 0.162 e. The highest BCUT2D eigenvalue weighted by Crippen LogP contribution is 2.07. The van der Waals surface area contributed by atoms with Gasteiger partial charge in [-0.1, -0.05) is 37.2 Å². The number of carbonyl (C=O) groups excluding carboxylic acids is 2. The fourth-order valence-corrected chi connectivity index (χ4v) is 1.21. The molecule has 0 N–H and O–H groups in total. The lowest BCUT2D eigenvalue weighted by molar-refractivity contribution is -0.118. The summed E-state index contributed by atoms with van der Waals surface area (Å²) in [5.41, 5.74) is 0.581. The SMILES string of the molecule is [2H]CCC(=O)CC([2H])CC(=O)c1ccccc1. The molecule has 1 unspecified atom stereocenters. The van der Waals surface area contributed by atoms with E-state index in [1.165, 1.54) is 0 Å². The zero-order valence-electron chi connectivity index (χ0n) is 10.6. The van der Waals surface area contributed by atoms with Gasteiger partial charge in [0.15, 0.2) is 5.78 Å². The lowest BCUT2D eigenvalue weighted by Crippen LogP contribution is -2.01. The summed E-state index contributed by atoms with van der Waals surface area (Å²) >= 11 is 0. The average molecular weight is 206 g/mol. The van der Waals surface area contributed by atoms with Gasteiger partial charge in [0, 0.05) is 27.6 Å². The van der Waals surface area contributed by atoms with Crippen LogP contribution in [0.4, 0.5) is 0 Å². The molecule has 15 heavy (non-hydrogen) atoms. The normalized spacial score (nSPS) is 13.9. The quantitative estimate of drug-likeness (QED) is 0.670. The van der Waals surface area contributed by atoms with Crippen LogP contribution in [0.3, 0.4) is 0 Å². The van der Waals surface area contributed by atoms with Gasteiger partial charge in [-0.15, -0.1) is 0 Å². The van der Waals surface area contributed by atoms with E-state index in [0.717, 1.165) is 0 Å². The summed E-state index contributed by atoms with van der Waals surface area (Å²) in [7, 11) is 0. The molecule has 0 radical (unpaired) electrons. The van der Waals surface area contributed by atoms with Crippen LogP contribution in [0, 0.1) is 0 Å². The highest BCUT2D eigenvalue weighted by atomic mass is 16.1. The second-order valence-electron chi connectivity index (χ2n) is 3.27. The van der Waals surface area contributed by atoms with E-state index in [9.17, 15) is 9.59 Å². The minimum absolute atomic E-state index is 0.0538. The van der Waals surface area contributed by atoms with Crippen LogP contribution >= 0.6 is 0 Å². The highest BCUT2D eigenvalue weighted by molar-refractivity contribution is 5.96. The van der Waals surface area contributed by atoms with E-state index in [1.54, 1.807) is 24.3 Å². The van der Waals surface area contributed by atoms with Crippen molar-refractivity contribution in [3.63, 3.8) is 0 Å². The average Bonchev–Trinajstić information content (AvgIpc) is 2.30. The van der Waals surface area contributed by atoms with Gasteiger partial charge in [-0.25, -0.2) is 0 Å². The molecule has 0 aliphatic rings. The standard InChI is InChI=1S/C13H16O2/c1-2-12(14)9-6-10-13(15)11-7-4-3-5-8-11/h3-5,7-8H,2,6,9-10H2,1H3/i1D,6D. The van der Waals surface area contributed by atoms with Crippen molar-refractivity contribution in [3.8, 4) is 0 Å². The van der Waals surface area contributed by atoms with Crippen LogP contribution in [-0.2, 0) is 4.79 Å². The summed E-state index contributed by atoms with van der Waals surface area (Å²) in [6.45, 7) is 0.0538. The van der Waals surface area contributed by atoms with Crippen molar-refractivity contribution in [1.82, 2.24) is 0 Å². The first-order valence-corrected chi connectivity index (χ1v) is 4.95. The van der Waals surface area contributed by atoms with Gasteiger partial charge in [-0.2, -0.15) is 0 Å². The summed E-state index contributed by atoms with van der Waals surface area (Å²) in [6.07, 6.45) is -0.387. The number of hydrogen-bond acceptors (Lipinski definition) is 2. The third-order valence-electron chi connectivity index (χ3n) is 2.08. The van der Waals surface area contributed by atoms with Crippen molar-refractivity contribution in [3.05, 3.63) is 35.9 Å². The molecule has 2 heteroatoms. The first-order valence-electron chi connectivity index (χ1n) is 6.23. The number of rotatable bonds is 6. The van der Waals surface area contributed by atoms with Gasteiger partial charge < -0.3 is 0 Å². The maximum atomic E-state index is 11.7. The lowest BCUT2D eigenvalue weighted by Gasteiger charge is -1.99. The van der Waals surface area contributed by atoms with Crippen LogP contribution in [-0.4, -0.2) is 11.6 Å². The third kappa shape index (κ3) is 4.07. The molecular formula is C13H16O2. The van der Waals surface area contributed by atoms with Gasteiger partial charge >= 0.3 is 0 Å². The minimum Gasteiger partial charge on any atom is -0.300 e. The predicted molar refractivity (Wildman–Crippen MR) is 59.9 cm³/mol. The van der Waals surface area contributed by atoms with E-state index >= 15 is 0 Å². The molecule has 0 aliphatic carbocycles. The number of ketones is 2. The monoisotopic (exact) mass is 206 g/mol. The molecule has 0 fully saturated rings. The van der Waals surface area contributed by atoms with Crippen LogP contribution in [0.25, 0.3) is 0 Å². The minimum atomic E-state index is -0.693. The summed E-state index contributed by atoms with van der Waals surface area (Å²) in [5.74, 6) is -0.217. The van der Waals surface area contributed by atoms with E-state index < -0.39 is 6.40 Å². The maximum Gasteiger partial charge on any atom is 0.162 e. The Hall–Kier alpha value is -1.44. The molecular weight excluding hydrogens is 188 g/mol. The van der Waals surface area contributed by atoms with Crippen LogP contribution in [0.5, 0.6) is 0 Å². The van der Waals surface area contributed by atoms with Crippen LogP contribution in [0.2, 0.25) is 0 Å². The summed E-state index contributed by atoms with van der Waals surface area (Å²) in [4.78, 5) is 22.9. The Morgan fingerprint density at radius 2 is 2.00 bits per heavy atom. The molecule has 1 aromatic rings. The predicted octanol–water partition coefficient (Wildman–Crippen LogP) is 3.02. The van der Waals surface area contributed by atoms with Gasteiger partial charge in [0.05, 0.1) is 0 Å². The molecule has 0 spiro atoms. The number of benzene rings is 1. The Balaban J connectivity index is 2.44. The Morgan fingerprint density at radius 3 is 2.67 bits per heavy atom. The number of hydrogen-bond donors (Lipinski definition) is 0. The lowest BCUT2D eigenvalue weighted by atomic mass is 10.0. The third-order valence-corrected chi connectivity index (χ3v) is 2.08. The Kier molecular flexibility index (Phi) is 3.61. The second kappa shape index (κ2) is 6.12. The second-order valence-corrected chi connectivity index (χ2v) is 3.27. The van der Waals surface area contributed by atoms with Gasteiger partial charge in [-0.3, -0.25) is 9.59 Å². The van der Waals surface area contributed by atoms with Crippen molar-refractivity contribution in [2.45, 2.75) is 32.6 Å². The molecule has 0 aliphatic heterocycles. The molecule has 0 heterocycles. The topological polar surface area (TPSA) is 34.1 Å². The Labute approximate surface area is 93.1 Å². The van der Waals surface area contributed by atoms with E-state index in [2.05, 4.69) is 0 Å². The summed E-state index contributed by atoms with van der Waals surface area (Å²) in [6, 6.07) is 8.79. The molecule has 2 nitrogen and oxygen atoms in total. The fraction of sp³-hybridized carbons (Fsp3) is 0.385. The van der Waals surface area contributed by atoms with Crippen molar-refractivity contribution < 1.29 is 12.3 Å². The molecule has 0 saturated carbocycles. The van der Waals surface area contributed by atoms with E-state index in [4.69, 9.17) is 2.74 Å². The Morgan fingerprint density at radius 1 is 1.27 bits per heavy atom. The van der Waals surface area contributed by atoms with Gasteiger partial charge in [0.2, 0.25) is 0 Å². The zero-order chi connectivity index (χ0) is 12.7. The van der Waals surface area contributed by atoms with E-state index in [0.29, 0.717) is 5.56 Å². The molecule has 0 saturated heterocycles. The van der Waals surface area contributed by atoms with Gasteiger partial charge in [-0.05, 0) is 6.40 Å². The number of Topliss-reactive ketones (excluding diaryl/α,β-unsaturated/α-hetero) is 2. The Bertz CT molecular complexity index is 376. The van der Waals surface area contributed by atoms with Crippen LogP contribution in [0.15, 0.2) is 30.3 Å². The molecule has 80 valence electrons. The molecule has 1 atom stereocenters. The van der Waals surface area contributed by atoms with Crippen molar-refractivity contribution >= 4 is 11.6 Å². The van der Waals surface area contributed by atoms with E-state index in [1.807, 2.05) is 6.07 Å². The largest absolute Gasteiger partial charge is 0.300 e. The van der Waals surface area contributed by atoms with Crippen molar-refractivity contribution in [2.75, 3.05) is 0 Å². The molecule has 0 aromatic heterocycles. The molecule has 1 rings (SSSR count). The zero-order valence-corrected chi connectivity index (χ0v) is 8.61. The first-order chi connectivity index (χ1) is 8.13. The molecule has 0 bridgehead atoms. The van der Waals surface area contributed by atoms with Crippen LogP contribution < -0.4 is 0 Å². The molecule has 1 aromatic carbocycles. The van der Waals surface area contributed by atoms with Crippen molar-refractivity contribution in [1.29, 1.82) is 0 Å². The first kappa shape index (κ1) is 8.84. The fourth-order valence-electron chi connectivity index (χ4n) is 1.21. The number of carbonyl (C=O) groups is 2. The van der Waals surface area contributed by atoms with Gasteiger partial charge in [0.25, 0.3) is 0 Å².